The maximum absolute atomic E-state index is 4.42. The number of anilines is 1. The molecule has 0 N–H and O–H groups in total. The van der Waals surface area contributed by atoms with E-state index in [2.05, 4.69) is 61.5 Å². The molecule has 24 heavy (non-hydrogen) atoms. The molecule has 6 nitrogen and oxygen atoms in total. The number of aryl methyl sites for hydroxylation is 1. The van der Waals surface area contributed by atoms with Crippen molar-refractivity contribution < 1.29 is 0 Å². The molecule has 1 aliphatic heterocycles. The zero-order valence-corrected chi connectivity index (χ0v) is 14.0. The third-order valence-corrected chi connectivity index (χ3v) is 4.64. The van der Waals surface area contributed by atoms with Crippen molar-refractivity contribution in [1.82, 2.24) is 24.7 Å². The first-order valence-electron chi connectivity index (χ1n) is 8.48. The van der Waals surface area contributed by atoms with E-state index in [9.17, 15) is 0 Å². The third kappa shape index (κ3) is 3.10. The first-order valence-corrected chi connectivity index (χ1v) is 8.48. The molecule has 6 heteroatoms. The smallest absolute Gasteiger partial charge is 0.200 e. The summed E-state index contributed by atoms with van der Waals surface area (Å²) in [6, 6.07) is 12.8. The molecule has 4 rings (SSSR count). The molecular formula is C18H22N6. The van der Waals surface area contributed by atoms with Gasteiger partial charge in [0, 0.05) is 32.7 Å². The molecule has 1 aliphatic rings. The summed E-state index contributed by atoms with van der Waals surface area (Å²) in [5, 5.41) is 12.6. The lowest BCUT2D eigenvalue weighted by atomic mass is 10.1. The Hall–Kier alpha value is -2.47. The van der Waals surface area contributed by atoms with E-state index in [0.29, 0.717) is 0 Å². The quantitative estimate of drug-likeness (QED) is 0.733. The molecule has 0 bridgehead atoms. The van der Waals surface area contributed by atoms with Crippen LogP contribution in [-0.4, -0.2) is 57.4 Å². The van der Waals surface area contributed by atoms with Crippen LogP contribution in [0.5, 0.6) is 0 Å². The fraction of sp³-hybridized carbons (Fsp3) is 0.389. The summed E-state index contributed by atoms with van der Waals surface area (Å²) in [7, 11) is 0. The standard InChI is InChI=1S/C18H22N6/c1-15-13-17(18-20-19-14-24(18)21-15)23-11-9-22(10-12-23)8-7-16-5-3-2-4-6-16/h2-6,13-14H,7-12H2,1H3. The second-order valence-corrected chi connectivity index (χ2v) is 6.33. The van der Waals surface area contributed by atoms with Gasteiger partial charge in [-0.3, -0.25) is 4.90 Å². The maximum Gasteiger partial charge on any atom is 0.200 e. The topological polar surface area (TPSA) is 49.6 Å². The van der Waals surface area contributed by atoms with Gasteiger partial charge in [0.15, 0.2) is 0 Å². The van der Waals surface area contributed by atoms with Crippen LogP contribution in [0.3, 0.4) is 0 Å². The Morgan fingerprint density at radius 3 is 2.62 bits per heavy atom. The minimum atomic E-state index is 0.846. The van der Waals surface area contributed by atoms with Gasteiger partial charge in [0.25, 0.3) is 0 Å². The molecule has 1 aromatic carbocycles. The van der Waals surface area contributed by atoms with Crippen molar-refractivity contribution in [3.63, 3.8) is 0 Å². The summed E-state index contributed by atoms with van der Waals surface area (Å²) in [6.07, 6.45) is 2.78. The summed E-state index contributed by atoms with van der Waals surface area (Å²) in [6.45, 7) is 7.32. The molecule has 0 aliphatic carbocycles. The molecule has 3 heterocycles. The van der Waals surface area contributed by atoms with Gasteiger partial charge in [0.1, 0.15) is 6.33 Å². The molecule has 0 amide bonds. The van der Waals surface area contributed by atoms with Gasteiger partial charge < -0.3 is 4.90 Å². The van der Waals surface area contributed by atoms with Gasteiger partial charge in [-0.15, -0.1) is 10.2 Å². The van der Waals surface area contributed by atoms with Crippen LogP contribution < -0.4 is 4.90 Å². The van der Waals surface area contributed by atoms with E-state index >= 15 is 0 Å². The lowest BCUT2D eigenvalue weighted by Crippen LogP contribution is -2.47. The van der Waals surface area contributed by atoms with Crippen LogP contribution in [0.4, 0.5) is 5.69 Å². The minimum Gasteiger partial charge on any atom is -0.366 e. The highest BCUT2D eigenvalue weighted by molar-refractivity contribution is 5.68. The molecule has 1 fully saturated rings. The highest BCUT2D eigenvalue weighted by Crippen LogP contribution is 2.21. The molecule has 3 aromatic rings. The molecule has 1 saturated heterocycles. The van der Waals surface area contributed by atoms with E-state index in [1.54, 1.807) is 10.8 Å². The van der Waals surface area contributed by atoms with E-state index < -0.39 is 0 Å². The van der Waals surface area contributed by atoms with Crippen molar-refractivity contribution in [1.29, 1.82) is 0 Å². The number of nitrogens with zero attached hydrogens (tertiary/aromatic N) is 6. The number of hydrogen-bond donors (Lipinski definition) is 0. The van der Waals surface area contributed by atoms with Crippen LogP contribution in [0.15, 0.2) is 42.7 Å². The first-order chi connectivity index (χ1) is 11.8. The molecular weight excluding hydrogens is 300 g/mol. The number of rotatable bonds is 4. The number of piperazine rings is 1. The van der Waals surface area contributed by atoms with E-state index in [1.165, 1.54) is 5.56 Å². The van der Waals surface area contributed by atoms with Crippen LogP contribution in [0, 0.1) is 6.92 Å². The van der Waals surface area contributed by atoms with Crippen molar-refractivity contribution in [3.8, 4) is 0 Å². The zero-order valence-electron chi connectivity index (χ0n) is 14.0. The van der Waals surface area contributed by atoms with Crippen molar-refractivity contribution in [2.75, 3.05) is 37.6 Å². The van der Waals surface area contributed by atoms with Gasteiger partial charge >= 0.3 is 0 Å². The Morgan fingerprint density at radius 1 is 1.04 bits per heavy atom. The second kappa shape index (κ2) is 6.57. The van der Waals surface area contributed by atoms with E-state index in [4.69, 9.17) is 0 Å². The van der Waals surface area contributed by atoms with Crippen molar-refractivity contribution >= 4 is 11.3 Å². The van der Waals surface area contributed by atoms with Gasteiger partial charge in [0.05, 0.1) is 11.4 Å². The summed E-state index contributed by atoms with van der Waals surface area (Å²) in [4.78, 5) is 4.94. The van der Waals surface area contributed by atoms with Crippen LogP contribution in [-0.2, 0) is 6.42 Å². The molecule has 124 valence electrons. The first kappa shape index (κ1) is 15.1. The minimum absolute atomic E-state index is 0.846. The molecule has 0 atom stereocenters. The zero-order chi connectivity index (χ0) is 16.4. The molecule has 0 spiro atoms. The predicted octanol–water partition coefficient (Wildman–Crippen LogP) is 1.80. The van der Waals surface area contributed by atoms with Gasteiger partial charge in [-0.05, 0) is 25.0 Å². The average molecular weight is 322 g/mol. The lowest BCUT2D eigenvalue weighted by Gasteiger charge is -2.36. The van der Waals surface area contributed by atoms with Gasteiger partial charge in [-0.25, -0.2) is 0 Å². The number of hydrogen-bond acceptors (Lipinski definition) is 5. The monoisotopic (exact) mass is 322 g/mol. The number of fused-ring (bicyclic) bond motifs is 1. The van der Waals surface area contributed by atoms with Crippen LogP contribution >= 0.6 is 0 Å². The van der Waals surface area contributed by atoms with Crippen molar-refractivity contribution in [3.05, 3.63) is 54.0 Å². The van der Waals surface area contributed by atoms with Crippen molar-refractivity contribution in [2.45, 2.75) is 13.3 Å². The SMILES string of the molecule is Cc1cc(N2CCN(CCc3ccccc3)CC2)c2nncn2n1. The average Bonchev–Trinajstić information content (AvgIpc) is 3.09. The second-order valence-electron chi connectivity index (χ2n) is 6.33. The molecule has 0 saturated carbocycles. The van der Waals surface area contributed by atoms with Crippen molar-refractivity contribution in [2.24, 2.45) is 0 Å². The van der Waals surface area contributed by atoms with Gasteiger partial charge in [-0.2, -0.15) is 9.61 Å². The lowest BCUT2D eigenvalue weighted by molar-refractivity contribution is 0.261. The Morgan fingerprint density at radius 2 is 1.83 bits per heavy atom. The molecule has 0 radical (unpaired) electrons. The summed E-state index contributed by atoms with van der Waals surface area (Å²) in [5.41, 5.74) is 4.39. The van der Waals surface area contributed by atoms with Crippen LogP contribution in [0.1, 0.15) is 11.3 Å². The highest BCUT2D eigenvalue weighted by Gasteiger charge is 2.20. The van der Waals surface area contributed by atoms with Gasteiger partial charge in [-0.1, -0.05) is 30.3 Å². The van der Waals surface area contributed by atoms with Crippen LogP contribution in [0.2, 0.25) is 0 Å². The Labute approximate surface area is 141 Å². The largest absolute Gasteiger partial charge is 0.366 e. The van der Waals surface area contributed by atoms with Gasteiger partial charge in [0.2, 0.25) is 5.65 Å². The maximum atomic E-state index is 4.42. The molecule has 2 aromatic heterocycles. The van der Waals surface area contributed by atoms with E-state index in [-0.39, 0.29) is 0 Å². The molecule has 0 unspecified atom stereocenters. The van der Waals surface area contributed by atoms with E-state index in [1.807, 2.05) is 6.92 Å². The Kier molecular flexibility index (Phi) is 4.13. The fourth-order valence-electron chi connectivity index (χ4n) is 3.31. The highest BCUT2D eigenvalue weighted by atomic mass is 15.4. The van der Waals surface area contributed by atoms with Crippen LogP contribution in [0.25, 0.3) is 5.65 Å². The normalized spacial score (nSPS) is 16.0. The third-order valence-electron chi connectivity index (χ3n) is 4.64. The Bertz CT molecular complexity index is 805. The number of benzene rings is 1. The summed E-state index contributed by atoms with van der Waals surface area (Å²) < 4.78 is 1.77. The summed E-state index contributed by atoms with van der Waals surface area (Å²) >= 11 is 0. The Balaban J connectivity index is 1.39. The fourth-order valence-corrected chi connectivity index (χ4v) is 3.31. The predicted molar refractivity (Wildman–Crippen MR) is 94.3 cm³/mol. The summed E-state index contributed by atoms with van der Waals surface area (Å²) in [5.74, 6) is 0. The van der Waals surface area contributed by atoms with E-state index in [0.717, 1.165) is 56.2 Å². The number of aromatic nitrogens is 4.